The van der Waals surface area contributed by atoms with Gasteiger partial charge in [0.15, 0.2) is 0 Å². The van der Waals surface area contributed by atoms with Crippen molar-refractivity contribution in [2.24, 2.45) is 0 Å². The summed E-state index contributed by atoms with van der Waals surface area (Å²) >= 11 is 6.00. The number of amides is 1. The average molecular weight is 273 g/mol. The minimum absolute atomic E-state index is 0.175. The highest BCUT2D eigenvalue weighted by Crippen LogP contribution is 2.14. The number of pyridine rings is 1. The van der Waals surface area contributed by atoms with Crippen molar-refractivity contribution >= 4 is 23.6 Å². The molecule has 0 radical (unpaired) electrons. The van der Waals surface area contributed by atoms with Crippen LogP contribution in [0, 0.1) is 0 Å². The van der Waals surface area contributed by atoms with Gasteiger partial charge < -0.3 is 5.32 Å². The number of carbonyl (C=O) groups excluding carboxylic acids is 1. The molecule has 1 N–H and O–H groups in total. The van der Waals surface area contributed by atoms with E-state index < -0.39 is 0 Å². The molecule has 96 valence electrons. The lowest BCUT2D eigenvalue weighted by molar-refractivity contribution is -0.116. The molecule has 0 saturated carbocycles. The second kappa shape index (κ2) is 6.71. The Morgan fingerprint density at radius 3 is 2.74 bits per heavy atom. The summed E-state index contributed by atoms with van der Waals surface area (Å²) < 4.78 is 0. The SMILES string of the molecule is O=C(/C=C/c1ccccn1)NCc1ccccc1Cl. The van der Waals surface area contributed by atoms with Gasteiger partial charge in [-0.3, -0.25) is 9.78 Å². The van der Waals surface area contributed by atoms with Crippen molar-refractivity contribution < 1.29 is 4.79 Å². The standard InChI is InChI=1S/C15H13ClN2O/c16-14-7-2-1-5-12(14)11-18-15(19)9-8-13-6-3-4-10-17-13/h1-10H,11H2,(H,18,19)/b9-8+. The quantitative estimate of drug-likeness (QED) is 0.869. The lowest BCUT2D eigenvalue weighted by Gasteiger charge is -2.04. The molecular formula is C15H13ClN2O. The van der Waals surface area contributed by atoms with Gasteiger partial charge in [-0.25, -0.2) is 0 Å². The van der Waals surface area contributed by atoms with Crippen molar-refractivity contribution in [1.29, 1.82) is 0 Å². The van der Waals surface area contributed by atoms with Gasteiger partial charge in [0.05, 0.1) is 5.69 Å². The van der Waals surface area contributed by atoms with Crippen molar-refractivity contribution in [1.82, 2.24) is 10.3 Å². The first kappa shape index (κ1) is 13.3. The maximum absolute atomic E-state index is 11.6. The number of rotatable bonds is 4. The molecule has 0 aliphatic carbocycles. The molecule has 0 aliphatic rings. The molecule has 1 aromatic heterocycles. The molecule has 1 heterocycles. The van der Waals surface area contributed by atoms with Crippen LogP contribution in [-0.2, 0) is 11.3 Å². The first-order chi connectivity index (χ1) is 9.25. The Morgan fingerprint density at radius 2 is 2.00 bits per heavy atom. The molecule has 0 saturated heterocycles. The van der Waals surface area contributed by atoms with Gasteiger partial charge in [0.2, 0.25) is 5.91 Å². The molecule has 0 atom stereocenters. The van der Waals surface area contributed by atoms with Crippen LogP contribution < -0.4 is 5.32 Å². The first-order valence-corrected chi connectivity index (χ1v) is 6.24. The van der Waals surface area contributed by atoms with Crippen molar-refractivity contribution in [2.75, 3.05) is 0 Å². The van der Waals surface area contributed by atoms with Crippen LogP contribution in [0.25, 0.3) is 6.08 Å². The number of aromatic nitrogens is 1. The summed E-state index contributed by atoms with van der Waals surface area (Å²) in [5, 5.41) is 3.42. The van der Waals surface area contributed by atoms with Crippen LogP contribution in [0.5, 0.6) is 0 Å². The fourth-order valence-electron chi connectivity index (χ4n) is 1.52. The molecule has 1 aromatic carbocycles. The number of nitrogens with one attached hydrogen (secondary N) is 1. The van der Waals surface area contributed by atoms with E-state index in [1.165, 1.54) is 6.08 Å². The lowest BCUT2D eigenvalue weighted by atomic mass is 10.2. The summed E-state index contributed by atoms with van der Waals surface area (Å²) in [7, 11) is 0. The summed E-state index contributed by atoms with van der Waals surface area (Å²) in [4.78, 5) is 15.7. The Morgan fingerprint density at radius 1 is 1.21 bits per heavy atom. The fourth-order valence-corrected chi connectivity index (χ4v) is 1.72. The summed E-state index contributed by atoms with van der Waals surface area (Å²) in [5.74, 6) is -0.175. The van der Waals surface area contributed by atoms with E-state index in [0.717, 1.165) is 11.3 Å². The molecule has 4 heteroatoms. The first-order valence-electron chi connectivity index (χ1n) is 5.86. The third-order valence-electron chi connectivity index (χ3n) is 2.50. The van der Waals surface area contributed by atoms with E-state index >= 15 is 0 Å². The van der Waals surface area contributed by atoms with Crippen molar-refractivity contribution in [3.8, 4) is 0 Å². The van der Waals surface area contributed by atoms with E-state index in [-0.39, 0.29) is 5.91 Å². The van der Waals surface area contributed by atoms with E-state index in [2.05, 4.69) is 10.3 Å². The van der Waals surface area contributed by atoms with E-state index in [1.54, 1.807) is 18.3 Å². The summed E-state index contributed by atoms with van der Waals surface area (Å²) in [6.07, 6.45) is 4.81. The van der Waals surface area contributed by atoms with Crippen molar-refractivity contribution in [3.63, 3.8) is 0 Å². The Balaban J connectivity index is 1.89. The van der Waals surface area contributed by atoms with Gasteiger partial charge in [-0.1, -0.05) is 35.9 Å². The Bertz CT molecular complexity index is 582. The highest BCUT2D eigenvalue weighted by molar-refractivity contribution is 6.31. The van der Waals surface area contributed by atoms with Crippen LogP contribution >= 0.6 is 11.6 Å². The molecule has 0 spiro atoms. The van der Waals surface area contributed by atoms with E-state index in [1.807, 2.05) is 36.4 Å². The summed E-state index contributed by atoms with van der Waals surface area (Å²) in [6, 6.07) is 12.9. The Labute approximate surface area is 116 Å². The third-order valence-corrected chi connectivity index (χ3v) is 2.87. The fraction of sp³-hybridized carbons (Fsp3) is 0.0667. The molecule has 19 heavy (non-hydrogen) atoms. The predicted octanol–water partition coefficient (Wildman–Crippen LogP) is 3.06. The number of halogens is 1. The summed E-state index contributed by atoms with van der Waals surface area (Å²) in [5.41, 5.74) is 1.64. The van der Waals surface area contributed by atoms with Crippen LogP contribution in [0.3, 0.4) is 0 Å². The molecule has 2 aromatic rings. The number of benzene rings is 1. The smallest absolute Gasteiger partial charge is 0.244 e. The highest BCUT2D eigenvalue weighted by Gasteiger charge is 2.00. The highest BCUT2D eigenvalue weighted by atomic mass is 35.5. The third kappa shape index (κ3) is 4.23. The van der Waals surface area contributed by atoms with Gasteiger partial charge >= 0.3 is 0 Å². The zero-order chi connectivity index (χ0) is 13.5. The topological polar surface area (TPSA) is 42.0 Å². The predicted molar refractivity (Wildman–Crippen MR) is 76.6 cm³/mol. The van der Waals surface area contributed by atoms with Gasteiger partial charge in [0.25, 0.3) is 0 Å². The molecule has 0 unspecified atom stereocenters. The number of hydrogen-bond donors (Lipinski definition) is 1. The minimum Gasteiger partial charge on any atom is -0.348 e. The van der Waals surface area contributed by atoms with E-state index in [0.29, 0.717) is 11.6 Å². The maximum Gasteiger partial charge on any atom is 0.244 e. The average Bonchev–Trinajstić information content (AvgIpc) is 2.45. The number of carbonyl (C=O) groups is 1. The van der Waals surface area contributed by atoms with Crippen LogP contribution in [-0.4, -0.2) is 10.9 Å². The molecule has 3 nitrogen and oxygen atoms in total. The molecular weight excluding hydrogens is 260 g/mol. The largest absolute Gasteiger partial charge is 0.348 e. The summed E-state index contributed by atoms with van der Waals surface area (Å²) in [6.45, 7) is 0.408. The van der Waals surface area contributed by atoms with Crippen LogP contribution in [0.4, 0.5) is 0 Å². The lowest BCUT2D eigenvalue weighted by Crippen LogP contribution is -2.20. The van der Waals surface area contributed by atoms with E-state index in [4.69, 9.17) is 11.6 Å². The molecule has 0 fully saturated rings. The molecule has 0 bridgehead atoms. The molecule has 2 rings (SSSR count). The van der Waals surface area contributed by atoms with Crippen LogP contribution in [0.15, 0.2) is 54.7 Å². The minimum atomic E-state index is -0.175. The van der Waals surface area contributed by atoms with Gasteiger partial charge in [0, 0.05) is 23.8 Å². The number of hydrogen-bond acceptors (Lipinski definition) is 2. The molecule has 1 amide bonds. The van der Waals surface area contributed by atoms with Gasteiger partial charge in [-0.15, -0.1) is 0 Å². The Kier molecular flexibility index (Phi) is 4.70. The van der Waals surface area contributed by atoms with Crippen molar-refractivity contribution in [2.45, 2.75) is 6.54 Å². The van der Waals surface area contributed by atoms with Gasteiger partial charge in [0.1, 0.15) is 0 Å². The Hall–Kier alpha value is -2.13. The van der Waals surface area contributed by atoms with E-state index in [9.17, 15) is 4.79 Å². The second-order valence-electron chi connectivity index (χ2n) is 3.90. The molecule has 0 aliphatic heterocycles. The van der Waals surface area contributed by atoms with Gasteiger partial charge in [-0.05, 0) is 29.8 Å². The monoisotopic (exact) mass is 272 g/mol. The zero-order valence-corrected chi connectivity index (χ0v) is 11.0. The van der Waals surface area contributed by atoms with Crippen LogP contribution in [0.2, 0.25) is 5.02 Å². The second-order valence-corrected chi connectivity index (χ2v) is 4.30. The van der Waals surface area contributed by atoms with Crippen LogP contribution in [0.1, 0.15) is 11.3 Å². The normalized spacial score (nSPS) is 10.6. The zero-order valence-electron chi connectivity index (χ0n) is 10.2. The van der Waals surface area contributed by atoms with Gasteiger partial charge in [-0.2, -0.15) is 0 Å². The van der Waals surface area contributed by atoms with Crippen molar-refractivity contribution in [3.05, 3.63) is 71.0 Å². The number of nitrogens with zero attached hydrogens (tertiary/aromatic N) is 1. The maximum atomic E-state index is 11.6.